The van der Waals surface area contributed by atoms with E-state index in [0.717, 1.165) is 43.6 Å². The molecule has 1 amide bonds. The molecule has 162 valence electrons. The molecule has 1 atom stereocenters. The molecule has 2 aromatic rings. The van der Waals surface area contributed by atoms with Crippen molar-refractivity contribution in [2.45, 2.75) is 37.6 Å². The number of carbonyl (C=O) groups excluding carboxylic acids is 1. The van der Waals surface area contributed by atoms with Crippen LogP contribution in [0, 0.1) is 18.7 Å². The zero-order chi connectivity index (χ0) is 21.9. The maximum absolute atomic E-state index is 14.7. The number of piperidine rings is 1. The first kappa shape index (κ1) is 22.7. The Morgan fingerprint density at radius 2 is 1.90 bits per heavy atom. The van der Waals surface area contributed by atoms with Crippen molar-refractivity contribution in [2.75, 3.05) is 18.4 Å². The van der Waals surface area contributed by atoms with E-state index >= 15 is 0 Å². The van der Waals surface area contributed by atoms with Gasteiger partial charge < -0.3 is 10.6 Å². The molecule has 0 aliphatic carbocycles. The Hall–Kier alpha value is -2.00. The van der Waals surface area contributed by atoms with Crippen LogP contribution in [0.2, 0.25) is 5.02 Å². The van der Waals surface area contributed by atoms with Gasteiger partial charge in [0.05, 0.1) is 10.7 Å². The lowest BCUT2D eigenvalue weighted by Gasteiger charge is -2.28. The summed E-state index contributed by atoms with van der Waals surface area (Å²) >= 11 is 6.18. The van der Waals surface area contributed by atoms with Crippen molar-refractivity contribution in [2.24, 2.45) is 5.92 Å². The zero-order valence-electron chi connectivity index (χ0n) is 16.8. The fourth-order valence-electron chi connectivity index (χ4n) is 3.60. The Morgan fingerprint density at radius 3 is 2.57 bits per heavy atom. The third kappa shape index (κ3) is 5.18. The number of aryl methyl sites for hydroxylation is 1. The van der Waals surface area contributed by atoms with Gasteiger partial charge in [-0.05, 0) is 63.4 Å². The lowest BCUT2D eigenvalue weighted by molar-refractivity contribution is 0.102. The number of carbonyl (C=O) groups is 1. The molecule has 0 unspecified atom stereocenters. The molecule has 1 aliphatic rings. The topological polar surface area (TPSA) is 87.3 Å². The second-order valence-electron chi connectivity index (χ2n) is 7.53. The van der Waals surface area contributed by atoms with Crippen LogP contribution in [-0.4, -0.2) is 33.5 Å². The van der Waals surface area contributed by atoms with Crippen molar-refractivity contribution in [1.82, 2.24) is 10.0 Å². The zero-order valence-corrected chi connectivity index (χ0v) is 18.4. The van der Waals surface area contributed by atoms with Gasteiger partial charge in [0, 0.05) is 17.7 Å². The van der Waals surface area contributed by atoms with Gasteiger partial charge in [0.2, 0.25) is 10.0 Å². The van der Waals surface area contributed by atoms with E-state index in [1.165, 1.54) is 0 Å². The van der Waals surface area contributed by atoms with Gasteiger partial charge in [0.1, 0.15) is 10.7 Å². The number of sulfonamides is 1. The summed E-state index contributed by atoms with van der Waals surface area (Å²) in [6, 6.07) is 8.56. The lowest BCUT2D eigenvalue weighted by Crippen LogP contribution is -2.42. The van der Waals surface area contributed by atoms with Crippen LogP contribution in [0.1, 0.15) is 35.7 Å². The fourth-order valence-corrected chi connectivity index (χ4v) is 5.27. The minimum Gasteiger partial charge on any atom is -0.321 e. The first-order valence-electron chi connectivity index (χ1n) is 9.78. The van der Waals surface area contributed by atoms with Crippen LogP contribution in [0.3, 0.4) is 0 Å². The summed E-state index contributed by atoms with van der Waals surface area (Å²) < 4.78 is 42.8. The number of nitrogens with one attached hydrogen (secondary N) is 3. The van der Waals surface area contributed by atoms with E-state index in [1.807, 2.05) is 0 Å². The maximum atomic E-state index is 14.7. The first-order valence-corrected chi connectivity index (χ1v) is 11.6. The summed E-state index contributed by atoms with van der Waals surface area (Å²) in [6.07, 6.45) is 1.69. The van der Waals surface area contributed by atoms with Crippen LogP contribution < -0.4 is 15.4 Å². The molecular weight excluding hydrogens is 429 g/mol. The van der Waals surface area contributed by atoms with Crippen LogP contribution in [0.15, 0.2) is 41.3 Å². The molecule has 0 aromatic heterocycles. The number of hydrogen-bond acceptors (Lipinski definition) is 4. The molecule has 1 saturated heterocycles. The molecule has 30 heavy (non-hydrogen) atoms. The summed E-state index contributed by atoms with van der Waals surface area (Å²) in [5.41, 5.74) is 1.18. The van der Waals surface area contributed by atoms with E-state index in [2.05, 4.69) is 15.4 Å². The molecule has 1 heterocycles. The molecule has 3 N–H and O–H groups in total. The second kappa shape index (κ2) is 9.43. The van der Waals surface area contributed by atoms with Crippen LogP contribution in [0.25, 0.3) is 0 Å². The Balaban J connectivity index is 1.79. The van der Waals surface area contributed by atoms with Crippen molar-refractivity contribution in [3.05, 3.63) is 58.4 Å². The van der Waals surface area contributed by atoms with E-state index in [1.54, 1.807) is 38.1 Å². The minimum absolute atomic E-state index is 0.00720. The Morgan fingerprint density at radius 1 is 1.23 bits per heavy atom. The van der Waals surface area contributed by atoms with Crippen molar-refractivity contribution in [1.29, 1.82) is 0 Å². The fraction of sp³-hybridized carbons (Fsp3) is 0.381. The Bertz CT molecular complexity index is 1040. The van der Waals surface area contributed by atoms with Gasteiger partial charge in [-0.25, -0.2) is 17.5 Å². The third-order valence-electron chi connectivity index (χ3n) is 5.38. The van der Waals surface area contributed by atoms with E-state index in [4.69, 9.17) is 11.6 Å². The number of hydrogen-bond donors (Lipinski definition) is 3. The molecule has 2 aromatic carbocycles. The molecule has 0 radical (unpaired) electrons. The molecule has 0 bridgehead atoms. The largest absolute Gasteiger partial charge is 0.321 e. The van der Waals surface area contributed by atoms with Crippen LogP contribution >= 0.6 is 11.6 Å². The van der Waals surface area contributed by atoms with Crippen LogP contribution in [0.4, 0.5) is 10.1 Å². The minimum atomic E-state index is -4.11. The molecular formula is C21H25ClFN3O3S. The monoisotopic (exact) mass is 453 g/mol. The number of amides is 1. The van der Waals surface area contributed by atoms with Gasteiger partial charge >= 0.3 is 0 Å². The molecule has 6 nitrogen and oxygen atoms in total. The van der Waals surface area contributed by atoms with Gasteiger partial charge in [-0.15, -0.1) is 0 Å². The van der Waals surface area contributed by atoms with E-state index in [0.29, 0.717) is 5.56 Å². The maximum Gasteiger partial charge on any atom is 0.255 e. The standard InChI is InChI=1S/C21H25ClFN3O3S/c1-13-5-3-4-6-16(13)21(27)25-19-12-18(23)20(11-17(19)22)30(28,29)26-14(2)15-7-9-24-10-8-15/h3-6,11-12,14-15,24,26H,7-10H2,1-2H3,(H,25,27)/t14-/m0/s1. The molecule has 0 spiro atoms. The molecule has 3 rings (SSSR count). The lowest BCUT2D eigenvalue weighted by atomic mass is 9.92. The second-order valence-corrected chi connectivity index (χ2v) is 9.62. The third-order valence-corrected chi connectivity index (χ3v) is 7.27. The van der Waals surface area contributed by atoms with Crippen molar-refractivity contribution in [3.8, 4) is 0 Å². The first-order chi connectivity index (χ1) is 14.2. The summed E-state index contributed by atoms with van der Waals surface area (Å²) in [5.74, 6) is -1.26. The Kier molecular flexibility index (Phi) is 7.13. The van der Waals surface area contributed by atoms with Crippen molar-refractivity contribution >= 4 is 33.2 Å². The number of anilines is 1. The number of halogens is 2. The normalized spacial score (nSPS) is 16.3. The van der Waals surface area contributed by atoms with E-state index in [9.17, 15) is 17.6 Å². The average Bonchev–Trinajstić information content (AvgIpc) is 2.71. The number of benzene rings is 2. The highest BCUT2D eigenvalue weighted by molar-refractivity contribution is 7.89. The highest BCUT2D eigenvalue weighted by Gasteiger charge is 2.28. The van der Waals surface area contributed by atoms with Crippen LogP contribution in [0.5, 0.6) is 0 Å². The predicted octanol–water partition coefficient (Wildman–Crippen LogP) is 3.71. The highest BCUT2D eigenvalue weighted by atomic mass is 35.5. The quantitative estimate of drug-likeness (QED) is 0.622. The van der Waals surface area contributed by atoms with Gasteiger partial charge in [-0.2, -0.15) is 0 Å². The van der Waals surface area contributed by atoms with E-state index < -0.39 is 26.6 Å². The van der Waals surface area contributed by atoms with Gasteiger partial charge in [-0.3, -0.25) is 4.79 Å². The smallest absolute Gasteiger partial charge is 0.255 e. The average molecular weight is 454 g/mol. The Labute approximate surface area is 181 Å². The van der Waals surface area contributed by atoms with Gasteiger partial charge in [0.25, 0.3) is 5.91 Å². The summed E-state index contributed by atoms with van der Waals surface area (Å²) in [5, 5.41) is 5.71. The molecule has 0 saturated carbocycles. The van der Waals surface area contributed by atoms with Crippen molar-refractivity contribution < 1.29 is 17.6 Å². The van der Waals surface area contributed by atoms with Gasteiger partial charge in [-0.1, -0.05) is 29.8 Å². The summed E-state index contributed by atoms with van der Waals surface area (Å²) in [6.45, 7) is 5.21. The SMILES string of the molecule is Cc1ccccc1C(=O)Nc1cc(F)c(S(=O)(=O)N[C@@H](C)C2CCNCC2)cc1Cl. The van der Waals surface area contributed by atoms with Gasteiger partial charge in [0.15, 0.2) is 0 Å². The van der Waals surface area contributed by atoms with Crippen molar-refractivity contribution in [3.63, 3.8) is 0 Å². The number of rotatable bonds is 6. The van der Waals surface area contributed by atoms with Crippen LogP contribution in [-0.2, 0) is 10.0 Å². The predicted molar refractivity (Wildman–Crippen MR) is 116 cm³/mol. The molecule has 9 heteroatoms. The van der Waals surface area contributed by atoms with E-state index in [-0.39, 0.29) is 22.7 Å². The summed E-state index contributed by atoms with van der Waals surface area (Å²) in [7, 11) is -4.11. The molecule has 1 fully saturated rings. The highest BCUT2D eigenvalue weighted by Crippen LogP contribution is 2.29. The summed E-state index contributed by atoms with van der Waals surface area (Å²) in [4.78, 5) is 11.9. The molecule has 1 aliphatic heterocycles.